The minimum atomic E-state index is -3.37. The lowest BCUT2D eigenvalue weighted by atomic mass is 10.2. The first-order valence-corrected chi connectivity index (χ1v) is 16.3. The second-order valence-electron chi connectivity index (χ2n) is 7.25. The summed E-state index contributed by atoms with van der Waals surface area (Å²) in [6, 6.07) is 18.0. The highest BCUT2D eigenvalue weighted by Gasteiger charge is 2.26. The lowest BCUT2D eigenvalue weighted by Gasteiger charge is -2.34. The Labute approximate surface area is 192 Å². The van der Waals surface area contributed by atoms with Gasteiger partial charge in [0.1, 0.15) is 0 Å². The van der Waals surface area contributed by atoms with Gasteiger partial charge in [-0.1, -0.05) is 60.7 Å². The first kappa shape index (κ1) is 24.6. The average molecular weight is 502 g/mol. The Hall–Kier alpha value is -1.04. The van der Waals surface area contributed by atoms with E-state index < -0.39 is 17.7 Å². The molecule has 1 aliphatic heterocycles. The summed E-state index contributed by atoms with van der Waals surface area (Å²) in [6.07, 6.45) is 0. The van der Waals surface area contributed by atoms with Crippen LogP contribution in [-0.4, -0.2) is 65.6 Å². The summed E-state index contributed by atoms with van der Waals surface area (Å²) in [6.45, 7) is 2.48. The standard InChI is InChI=1S/C21H27NO5S4/c23-30(24,17-19-7-3-1-4-8-19)28-15-21(22-11-13-27-14-12-22)16-29-31(25,26)18-20-9-5-2-6-10-20/h1-10,21H,11-18H2. The van der Waals surface area contributed by atoms with Gasteiger partial charge in [-0.05, 0) is 32.7 Å². The molecule has 170 valence electrons. The van der Waals surface area contributed by atoms with Crippen molar-refractivity contribution >= 4 is 39.3 Å². The molecular weight excluding hydrogens is 475 g/mol. The van der Waals surface area contributed by atoms with E-state index in [9.17, 15) is 16.8 Å². The Balaban J connectivity index is 1.61. The maximum absolute atomic E-state index is 12.6. The summed E-state index contributed by atoms with van der Waals surface area (Å²) in [4.78, 5) is 2.14. The predicted molar refractivity (Wildman–Crippen MR) is 129 cm³/mol. The molecule has 0 atom stereocenters. The van der Waals surface area contributed by atoms with E-state index in [2.05, 4.69) is 4.90 Å². The van der Waals surface area contributed by atoms with Crippen LogP contribution >= 0.6 is 21.6 Å². The summed E-state index contributed by atoms with van der Waals surface area (Å²) in [5.74, 6) is 0.577. The van der Waals surface area contributed by atoms with E-state index in [4.69, 9.17) is 4.74 Å². The molecule has 0 aromatic heterocycles. The zero-order chi connectivity index (χ0) is 22.2. The van der Waals surface area contributed by atoms with Crippen molar-refractivity contribution in [1.29, 1.82) is 0 Å². The van der Waals surface area contributed by atoms with Crippen LogP contribution in [0.5, 0.6) is 0 Å². The number of hydrogen-bond acceptors (Lipinski definition) is 8. The van der Waals surface area contributed by atoms with Gasteiger partial charge in [-0.25, -0.2) is 16.8 Å². The van der Waals surface area contributed by atoms with Gasteiger partial charge in [0.2, 0.25) is 17.7 Å². The molecule has 10 heteroatoms. The SMILES string of the molecule is O=S(=O)(Cc1ccccc1)SCC(CSS(=O)(=O)Cc1ccccc1)N1CCOCC1. The van der Waals surface area contributed by atoms with Crippen LogP contribution in [0.3, 0.4) is 0 Å². The van der Waals surface area contributed by atoms with Crippen LogP contribution in [0.2, 0.25) is 0 Å². The lowest BCUT2D eigenvalue weighted by Crippen LogP contribution is -2.46. The maximum atomic E-state index is 12.6. The molecule has 0 N–H and O–H groups in total. The summed E-state index contributed by atoms with van der Waals surface area (Å²) in [5, 5.41) is 0. The van der Waals surface area contributed by atoms with Crippen LogP contribution in [0.15, 0.2) is 60.7 Å². The number of benzene rings is 2. The largest absolute Gasteiger partial charge is 0.379 e. The van der Waals surface area contributed by atoms with Crippen LogP contribution in [0.1, 0.15) is 11.1 Å². The van der Waals surface area contributed by atoms with Crippen molar-refractivity contribution in [2.75, 3.05) is 37.8 Å². The van der Waals surface area contributed by atoms with Gasteiger partial charge in [0.25, 0.3) is 0 Å². The topological polar surface area (TPSA) is 80.8 Å². The van der Waals surface area contributed by atoms with E-state index in [0.717, 1.165) is 32.7 Å². The predicted octanol–water partition coefficient (Wildman–Crippen LogP) is 3.21. The fourth-order valence-electron chi connectivity index (χ4n) is 3.21. The van der Waals surface area contributed by atoms with Crippen molar-refractivity contribution in [3.05, 3.63) is 71.8 Å². The monoisotopic (exact) mass is 501 g/mol. The molecule has 0 unspecified atom stereocenters. The zero-order valence-electron chi connectivity index (χ0n) is 17.1. The number of ether oxygens (including phenoxy) is 1. The summed E-state index contributed by atoms with van der Waals surface area (Å²) in [7, 11) is -4.92. The van der Waals surface area contributed by atoms with Gasteiger partial charge in [0, 0.05) is 30.6 Å². The van der Waals surface area contributed by atoms with Gasteiger partial charge in [-0.2, -0.15) is 0 Å². The molecule has 3 rings (SSSR count). The minimum Gasteiger partial charge on any atom is -0.379 e. The van der Waals surface area contributed by atoms with E-state index in [1.54, 1.807) is 24.3 Å². The Morgan fingerprint density at radius 3 is 1.58 bits per heavy atom. The molecule has 6 nitrogen and oxygen atoms in total. The third-order valence-electron chi connectivity index (χ3n) is 4.81. The maximum Gasteiger partial charge on any atom is 0.205 e. The Kier molecular flexibility index (Phi) is 9.30. The Bertz CT molecular complexity index is 933. The molecule has 1 aliphatic rings. The van der Waals surface area contributed by atoms with E-state index in [1.165, 1.54) is 0 Å². The normalized spacial score (nSPS) is 15.9. The van der Waals surface area contributed by atoms with Crippen LogP contribution < -0.4 is 0 Å². The molecule has 2 aromatic rings. The average Bonchev–Trinajstić information content (AvgIpc) is 2.75. The number of morpholine rings is 1. The highest BCUT2D eigenvalue weighted by molar-refractivity contribution is 8.72. The van der Waals surface area contributed by atoms with Crippen molar-refractivity contribution < 1.29 is 21.6 Å². The second-order valence-corrected chi connectivity index (χ2v) is 15.7. The van der Waals surface area contributed by atoms with Gasteiger partial charge in [0.05, 0.1) is 24.7 Å². The summed E-state index contributed by atoms with van der Waals surface area (Å²) < 4.78 is 55.9. The van der Waals surface area contributed by atoms with Crippen LogP contribution in [0.4, 0.5) is 0 Å². The number of rotatable bonds is 11. The second kappa shape index (κ2) is 11.7. The quantitative estimate of drug-likeness (QED) is 0.434. The molecule has 0 radical (unpaired) electrons. The smallest absolute Gasteiger partial charge is 0.205 e. The highest BCUT2D eigenvalue weighted by Crippen LogP contribution is 2.26. The Morgan fingerprint density at radius 1 is 0.742 bits per heavy atom. The summed E-state index contributed by atoms with van der Waals surface area (Å²) in [5.41, 5.74) is 1.50. The van der Waals surface area contributed by atoms with E-state index in [1.807, 2.05) is 36.4 Å². The third-order valence-corrected chi connectivity index (χ3v) is 11.6. The van der Waals surface area contributed by atoms with Gasteiger partial charge < -0.3 is 4.74 Å². The van der Waals surface area contributed by atoms with Gasteiger partial charge in [0.15, 0.2) is 0 Å². The first-order valence-electron chi connectivity index (χ1n) is 9.97. The van der Waals surface area contributed by atoms with Crippen LogP contribution in [-0.2, 0) is 34.0 Å². The molecular formula is C21H27NO5S4. The molecule has 31 heavy (non-hydrogen) atoms. The van der Waals surface area contributed by atoms with Gasteiger partial charge in [-0.3, -0.25) is 4.90 Å². The Morgan fingerprint density at radius 2 is 1.16 bits per heavy atom. The number of hydrogen-bond donors (Lipinski definition) is 0. The van der Waals surface area contributed by atoms with Crippen molar-refractivity contribution in [2.45, 2.75) is 17.5 Å². The zero-order valence-corrected chi connectivity index (χ0v) is 20.4. The van der Waals surface area contributed by atoms with E-state index in [0.29, 0.717) is 37.8 Å². The lowest BCUT2D eigenvalue weighted by molar-refractivity contribution is 0.0255. The molecule has 1 saturated heterocycles. The molecule has 1 fully saturated rings. The van der Waals surface area contributed by atoms with Crippen molar-refractivity contribution in [1.82, 2.24) is 4.90 Å². The van der Waals surface area contributed by atoms with Gasteiger partial charge in [-0.15, -0.1) is 0 Å². The van der Waals surface area contributed by atoms with Crippen LogP contribution in [0, 0.1) is 0 Å². The fraction of sp³-hybridized carbons (Fsp3) is 0.429. The van der Waals surface area contributed by atoms with Crippen molar-refractivity contribution in [3.63, 3.8) is 0 Å². The number of nitrogens with zero attached hydrogens (tertiary/aromatic N) is 1. The van der Waals surface area contributed by atoms with Gasteiger partial charge >= 0.3 is 0 Å². The molecule has 0 amide bonds. The molecule has 1 heterocycles. The summed E-state index contributed by atoms with van der Waals surface area (Å²) >= 11 is 0. The fourth-order valence-corrected chi connectivity index (χ4v) is 9.61. The van der Waals surface area contributed by atoms with E-state index >= 15 is 0 Å². The molecule has 0 aliphatic carbocycles. The molecule has 0 bridgehead atoms. The van der Waals surface area contributed by atoms with Crippen LogP contribution in [0.25, 0.3) is 0 Å². The highest BCUT2D eigenvalue weighted by atomic mass is 33.1. The molecule has 0 saturated carbocycles. The van der Waals surface area contributed by atoms with E-state index in [-0.39, 0.29) is 17.5 Å². The molecule has 2 aromatic carbocycles. The first-order chi connectivity index (χ1) is 14.8. The third kappa shape index (κ3) is 8.78. The minimum absolute atomic E-state index is 0.0339. The van der Waals surface area contributed by atoms with Crippen molar-refractivity contribution in [3.8, 4) is 0 Å². The van der Waals surface area contributed by atoms with Crippen molar-refractivity contribution in [2.24, 2.45) is 0 Å². The molecule has 0 spiro atoms.